The smallest absolute Gasteiger partial charge is 0.389 e. The second kappa shape index (κ2) is 11.7. The van der Waals surface area contributed by atoms with Crippen molar-refractivity contribution in [2.75, 3.05) is 13.7 Å². The number of methoxy groups -OCH3 is 1. The first kappa shape index (κ1) is 27.0. The molecule has 3 unspecified atom stereocenters. The minimum Gasteiger partial charge on any atom is -0.469 e. The molecule has 0 radical (unpaired) electrons. The SMILES string of the molecule is COC(=O)CCNC(=O)C1=CC(C)C(C(CCC(F)(F)F)Sc2cc(C)c(S)c(C)c2)S1. The average molecular weight is 508 g/mol. The summed E-state index contributed by atoms with van der Waals surface area (Å²) in [6, 6.07) is 3.89. The van der Waals surface area contributed by atoms with Gasteiger partial charge in [-0.1, -0.05) is 13.0 Å². The molecule has 0 fully saturated rings. The number of aryl methyl sites for hydroxylation is 2. The molecule has 1 heterocycles. The number of amides is 1. The van der Waals surface area contributed by atoms with Gasteiger partial charge in [-0.05, 0) is 49.4 Å². The highest BCUT2D eigenvalue weighted by atomic mass is 32.2. The van der Waals surface area contributed by atoms with E-state index in [1.54, 1.807) is 6.08 Å². The van der Waals surface area contributed by atoms with Crippen LogP contribution in [0.2, 0.25) is 0 Å². The topological polar surface area (TPSA) is 55.4 Å². The number of carbonyl (C=O) groups is 2. The summed E-state index contributed by atoms with van der Waals surface area (Å²) >= 11 is 7.20. The van der Waals surface area contributed by atoms with Crippen molar-refractivity contribution in [3.8, 4) is 0 Å². The lowest BCUT2D eigenvalue weighted by Crippen LogP contribution is -2.28. The summed E-state index contributed by atoms with van der Waals surface area (Å²) in [5.74, 6) is -0.816. The average Bonchev–Trinajstić information content (AvgIpc) is 3.09. The molecule has 1 aliphatic rings. The molecule has 1 aromatic rings. The Morgan fingerprint density at radius 1 is 1.28 bits per heavy atom. The van der Waals surface area contributed by atoms with Crippen molar-refractivity contribution in [1.29, 1.82) is 0 Å². The second-order valence-corrected chi connectivity index (χ2v) is 10.8. The maximum Gasteiger partial charge on any atom is 0.389 e. The highest BCUT2D eigenvalue weighted by molar-refractivity contribution is 8.07. The lowest BCUT2D eigenvalue weighted by Gasteiger charge is -2.27. The first-order valence-corrected chi connectivity index (χ1v) is 12.4. The molecular formula is C22H28F3NO3S3. The Morgan fingerprint density at radius 2 is 1.91 bits per heavy atom. The van der Waals surface area contributed by atoms with Gasteiger partial charge in [0.05, 0.1) is 18.4 Å². The van der Waals surface area contributed by atoms with Gasteiger partial charge in [-0.3, -0.25) is 9.59 Å². The van der Waals surface area contributed by atoms with Gasteiger partial charge < -0.3 is 10.1 Å². The van der Waals surface area contributed by atoms with Gasteiger partial charge in [0, 0.05) is 33.3 Å². The highest BCUT2D eigenvalue weighted by Crippen LogP contribution is 2.46. The molecule has 178 valence electrons. The van der Waals surface area contributed by atoms with E-state index in [1.807, 2.05) is 32.9 Å². The van der Waals surface area contributed by atoms with Gasteiger partial charge in [0.25, 0.3) is 5.91 Å². The van der Waals surface area contributed by atoms with Gasteiger partial charge in [-0.2, -0.15) is 13.2 Å². The molecule has 0 saturated heterocycles. The molecule has 1 N–H and O–H groups in total. The van der Waals surface area contributed by atoms with Crippen molar-refractivity contribution < 1.29 is 27.5 Å². The molecule has 10 heteroatoms. The zero-order chi connectivity index (χ0) is 24.1. The Morgan fingerprint density at radius 3 is 2.47 bits per heavy atom. The highest BCUT2D eigenvalue weighted by Gasteiger charge is 2.37. The normalized spacial score (nSPS) is 19.4. The number of hydrogen-bond donors (Lipinski definition) is 2. The summed E-state index contributed by atoms with van der Waals surface area (Å²) in [6.45, 7) is 5.91. The number of nitrogens with one attached hydrogen (secondary N) is 1. The fourth-order valence-electron chi connectivity index (χ4n) is 3.39. The molecule has 0 bridgehead atoms. The Hall–Kier alpha value is -1.26. The molecule has 0 aliphatic carbocycles. The third-order valence-corrected chi connectivity index (χ3v) is 8.92. The quantitative estimate of drug-likeness (QED) is 0.255. The fraction of sp³-hybridized carbons (Fsp3) is 0.545. The number of halogens is 3. The molecule has 1 aliphatic heterocycles. The lowest BCUT2D eigenvalue weighted by atomic mass is 10.0. The van der Waals surface area contributed by atoms with E-state index in [2.05, 4.69) is 22.7 Å². The summed E-state index contributed by atoms with van der Waals surface area (Å²) in [7, 11) is 1.28. The molecule has 4 nitrogen and oxygen atoms in total. The maximum absolute atomic E-state index is 13.0. The monoisotopic (exact) mass is 507 g/mol. The van der Waals surface area contributed by atoms with E-state index in [0.717, 1.165) is 20.9 Å². The molecular weight excluding hydrogens is 479 g/mol. The van der Waals surface area contributed by atoms with Crippen molar-refractivity contribution in [2.45, 2.75) is 66.5 Å². The van der Waals surface area contributed by atoms with E-state index in [0.29, 0.717) is 4.91 Å². The number of thioether (sulfide) groups is 2. The van der Waals surface area contributed by atoms with Gasteiger partial charge in [0.2, 0.25) is 0 Å². The van der Waals surface area contributed by atoms with Crippen LogP contribution < -0.4 is 5.32 Å². The van der Waals surface area contributed by atoms with Crippen LogP contribution in [0.1, 0.15) is 37.3 Å². The van der Waals surface area contributed by atoms with Gasteiger partial charge in [-0.25, -0.2) is 0 Å². The maximum atomic E-state index is 13.0. The number of thiol groups is 1. The fourth-order valence-corrected chi connectivity index (χ4v) is 6.66. The van der Waals surface area contributed by atoms with Crippen molar-refractivity contribution >= 4 is 48.0 Å². The molecule has 0 spiro atoms. The summed E-state index contributed by atoms with van der Waals surface area (Å²) in [5, 5.41) is 2.16. The molecule has 3 atom stereocenters. The van der Waals surface area contributed by atoms with E-state index in [4.69, 9.17) is 0 Å². The first-order valence-electron chi connectivity index (χ1n) is 10.2. The Kier molecular flexibility index (Phi) is 9.90. The zero-order valence-corrected chi connectivity index (χ0v) is 20.9. The number of allylic oxidation sites excluding steroid dienone is 1. The number of rotatable bonds is 9. The molecule has 32 heavy (non-hydrogen) atoms. The number of alkyl halides is 3. The van der Waals surface area contributed by atoms with Crippen LogP contribution in [0.25, 0.3) is 0 Å². The summed E-state index contributed by atoms with van der Waals surface area (Å²) in [4.78, 5) is 25.9. The van der Waals surface area contributed by atoms with Crippen LogP contribution in [0.3, 0.4) is 0 Å². The Bertz CT molecular complexity index is 851. The van der Waals surface area contributed by atoms with Crippen LogP contribution in [0, 0.1) is 19.8 Å². The number of esters is 1. The molecule has 2 rings (SSSR count). The van der Waals surface area contributed by atoms with Crippen LogP contribution in [-0.4, -0.2) is 42.2 Å². The summed E-state index contributed by atoms with van der Waals surface area (Å²) in [5.41, 5.74) is 1.95. The van der Waals surface area contributed by atoms with Crippen LogP contribution >= 0.6 is 36.2 Å². The van der Waals surface area contributed by atoms with Crippen LogP contribution in [0.5, 0.6) is 0 Å². The van der Waals surface area contributed by atoms with Crippen LogP contribution in [0.15, 0.2) is 32.9 Å². The predicted molar refractivity (Wildman–Crippen MR) is 126 cm³/mol. The Labute approximate surface area is 200 Å². The van der Waals surface area contributed by atoms with E-state index >= 15 is 0 Å². The van der Waals surface area contributed by atoms with Crippen molar-refractivity contribution in [3.05, 3.63) is 34.2 Å². The number of benzene rings is 1. The molecule has 1 amide bonds. The third-order valence-electron chi connectivity index (χ3n) is 5.09. The Balaban J connectivity index is 2.12. The van der Waals surface area contributed by atoms with Crippen molar-refractivity contribution in [3.63, 3.8) is 0 Å². The van der Waals surface area contributed by atoms with E-state index < -0.39 is 18.6 Å². The van der Waals surface area contributed by atoms with E-state index in [1.165, 1.54) is 30.6 Å². The summed E-state index contributed by atoms with van der Waals surface area (Å²) in [6.07, 6.45) is -3.30. The minimum absolute atomic E-state index is 0.0397. The number of ether oxygens (including phenoxy) is 1. The standard InChI is InChI=1S/C22H28F3NO3S3/c1-12-9-15(10-13(2)19(12)30)31-16(5-7-22(23,24)25)20-14(3)11-17(32-20)21(28)26-8-6-18(27)29-4/h9-11,14,16,20,30H,5-8H2,1-4H3,(H,26,28). The predicted octanol–water partition coefficient (Wildman–Crippen LogP) is 5.71. The molecule has 1 aromatic carbocycles. The van der Waals surface area contributed by atoms with E-state index in [-0.39, 0.29) is 41.7 Å². The second-order valence-electron chi connectivity index (χ2n) is 7.77. The van der Waals surface area contributed by atoms with E-state index in [9.17, 15) is 22.8 Å². The molecule has 0 saturated carbocycles. The van der Waals surface area contributed by atoms with Gasteiger partial charge >= 0.3 is 12.1 Å². The van der Waals surface area contributed by atoms with Crippen molar-refractivity contribution in [2.24, 2.45) is 5.92 Å². The zero-order valence-electron chi connectivity index (χ0n) is 18.4. The van der Waals surface area contributed by atoms with Gasteiger partial charge in [-0.15, -0.1) is 36.2 Å². The third kappa shape index (κ3) is 7.95. The van der Waals surface area contributed by atoms with Crippen LogP contribution in [-0.2, 0) is 14.3 Å². The van der Waals surface area contributed by atoms with Crippen molar-refractivity contribution in [1.82, 2.24) is 5.32 Å². The van der Waals surface area contributed by atoms with Crippen LogP contribution in [0.4, 0.5) is 13.2 Å². The first-order chi connectivity index (χ1) is 14.9. The van der Waals surface area contributed by atoms with Gasteiger partial charge in [0.15, 0.2) is 0 Å². The largest absolute Gasteiger partial charge is 0.469 e. The lowest BCUT2D eigenvalue weighted by molar-refractivity contribution is -0.140. The summed E-state index contributed by atoms with van der Waals surface area (Å²) < 4.78 is 43.6. The van der Waals surface area contributed by atoms with Gasteiger partial charge in [0.1, 0.15) is 0 Å². The number of carbonyl (C=O) groups excluding carboxylic acids is 2. The minimum atomic E-state index is -4.24. The number of hydrogen-bond acceptors (Lipinski definition) is 6. The molecule has 0 aromatic heterocycles.